The summed E-state index contributed by atoms with van der Waals surface area (Å²) in [6.45, 7) is 5.86. The maximum atomic E-state index is 10.9. The predicted octanol–water partition coefficient (Wildman–Crippen LogP) is 2.25. The van der Waals surface area contributed by atoms with Crippen molar-refractivity contribution in [1.29, 1.82) is 0 Å². The molecule has 0 saturated carbocycles. The summed E-state index contributed by atoms with van der Waals surface area (Å²) >= 11 is 0. The number of anilines is 5. The summed E-state index contributed by atoms with van der Waals surface area (Å²) in [7, 11) is 0. The molecule has 0 unspecified atom stereocenters. The maximum absolute atomic E-state index is 10.9. The van der Waals surface area contributed by atoms with Crippen LogP contribution in [-0.2, 0) is 9.47 Å². The minimum Gasteiger partial charge on any atom is -0.378 e. The molecule has 0 spiro atoms. The number of nitrogens with one attached hydrogen (secondary N) is 2. The number of hydrogen-bond acceptors (Lipinski definition) is 12. The summed E-state index contributed by atoms with van der Waals surface area (Å²) in [6, 6.07) is 16.3. The highest BCUT2D eigenvalue weighted by atomic mass is 16.6. The summed E-state index contributed by atoms with van der Waals surface area (Å²) in [6.07, 6.45) is 0. The largest absolute Gasteiger partial charge is 0.378 e. The zero-order valence-corrected chi connectivity index (χ0v) is 21.2. The van der Waals surface area contributed by atoms with Crippen molar-refractivity contribution in [3.8, 4) is 0 Å². The van der Waals surface area contributed by atoms with E-state index in [0.29, 0.717) is 70.5 Å². The molecule has 0 radical (unpaired) electrons. The van der Waals surface area contributed by atoms with Crippen LogP contribution >= 0.6 is 0 Å². The van der Waals surface area contributed by atoms with Gasteiger partial charge in [0.2, 0.25) is 17.8 Å². The second-order valence-electron chi connectivity index (χ2n) is 8.46. The van der Waals surface area contributed by atoms with Crippen molar-refractivity contribution in [3.05, 3.63) is 64.7 Å². The molecule has 2 heterocycles. The first-order valence-electron chi connectivity index (χ1n) is 12.5. The average Bonchev–Trinajstić information content (AvgIpc) is 2.95. The molecule has 4 N–H and O–H groups in total. The average molecular weight is 524 g/mol. The van der Waals surface area contributed by atoms with Crippen LogP contribution in [-0.4, -0.2) is 85.6 Å². The third kappa shape index (κ3) is 7.96. The Hall–Kier alpha value is -4.07. The second-order valence-corrected chi connectivity index (χ2v) is 8.46. The summed E-state index contributed by atoms with van der Waals surface area (Å²) in [5, 5.41) is 17.4. The lowest BCUT2D eigenvalue weighted by Crippen LogP contribution is -2.47. The van der Waals surface area contributed by atoms with E-state index < -0.39 is 0 Å². The van der Waals surface area contributed by atoms with Crippen LogP contribution in [0.25, 0.3) is 0 Å². The number of para-hydroxylation sites is 1. The highest BCUT2D eigenvalue weighted by Gasteiger charge is 2.21. The fourth-order valence-corrected chi connectivity index (χ4v) is 3.88. The molecular weight excluding hydrogens is 490 g/mol. The number of piperazine rings is 1. The molecule has 202 valence electrons. The van der Waals surface area contributed by atoms with Gasteiger partial charge in [-0.15, -0.1) is 0 Å². The Bertz CT molecular complexity index is 1140. The lowest BCUT2D eigenvalue weighted by atomic mass is 10.2. The van der Waals surface area contributed by atoms with Gasteiger partial charge in [0.1, 0.15) is 0 Å². The number of benzene rings is 2. The van der Waals surface area contributed by atoms with Gasteiger partial charge in [-0.2, -0.15) is 15.0 Å². The molecular formula is C25H33N9O4. The summed E-state index contributed by atoms with van der Waals surface area (Å²) in [5.74, 6) is 1.46. The number of ether oxygens (including phenoxy) is 2. The number of nitrogens with two attached hydrogens (primary N) is 1. The van der Waals surface area contributed by atoms with Gasteiger partial charge in [0.15, 0.2) is 0 Å². The molecule has 1 saturated heterocycles. The summed E-state index contributed by atoms with van der Waals surface area (Å²) in [4.78, 5) is 28.7. The molecule has 0 amide bonds. The number of nitrogens with zero attached hydrogens (tertiary/aromatic N) is 6. The van der Waals surface area contributed by atoms with Crippen LogP contribution in [0, 0.1) is 10.1 Å². The van der Waals surface area contributed by atoms with Crippen LogP contribution in [0.1, 0.15) is 0 Å². The standard InChI is InChI=1S/C25H33N9O4/c26-10-16-37-18-19-38-17-11-27-23-29-24(28-20-4-2-1-3-5-20)31-25(30-23)33-14-12-32(13-15-33)21-6-8-22(9-7-21)34(35)36/h1-9H,10-19,26H2,(H2,27,28,29,30,31). The molecule has 1 aliphatic rings. The van der Waals surface area contributed by atoms with Crippen LogP contribution in [0.5, 0.6) is 0 Å². The van der Waals surface area contributed by atoms with E-state index in [2.05, 4.69) is 35.4 Å². The molecule has 3 aromatic rings. The second kappa shape index (κ2) is 14.0. The zero-order chi connectivity index (χ0) is 26.6. The zero-order valence-electron chi connectivity index (χ0n) is 21.2. The molecule has 13 heteroatoms. The van der Waals surface area contributed by atoms with Gasteiger partial charge in [0.05, 0.1) is 31.4 Å². The number of nitro benzene ring substituents is 1. The highest BCUT2D eigenvalue weighted by Crippen LogP contribution is 2.23. The predicted molar refractivity (Wildman–Crippen MR) is 146 cm³/mol. The van der Waals surface area contributed by atoms with Gasteiger partial charge >= 0.3 is 0 Å². The van der Waals surface area contributed by atoms with Gasteiger partial charge < -0.3 is 35.6 Å². The van der Waals surface area contributed by atoms with Crippen LogP contribution in [0.15, 0.2) is 54.6 Å². The lowest BCUT2D eigenvalue weighted by Gasteiger charge is -2.36. The monoisotopic (exact) mass is 523 g/mol. The van der Waals surface area contributed by atoms with Gasteiger partial charge in [-0.3, -0.25) is 10.1 Å². The van der Waals surface area contributed by atoms with Crippen molar-refractivity contribution in [1.82, 2.24) is 15.0 Å². The van der Waals surface area contributed by atoms with Gasteiger partial charge in [-0.1, -0.05) is 18.2 Å². The van der Waals surface area contributed by atoms with E-state index in [1.807, 2.05) is 30.3 Å². The summed E-state index contributed by atoms with van der Waals surface area (Å²) < 4.78 is 10.9. The number of hydrogen-bond donors (Lipinski definition) is 3. The topological polar surface area (TPSA) is 157 Å². The van der Waals surface area contributed by atoms with Crippen molar-refractivity contribution >= 4 is 34.9 Å². The van der Waals surface area contributed by atoms with E-state index in [1.54, 1.807) is 12.1 Å². The SMILES string of the molecule is NCCOCCOCCNc1nc(Nc2ccccc2)nc(N2CCN(c3ccc([N+](=O)[O-])cc3)CC2)n1. The number of rotatable bonds is 14. The molecule has 0 atom stereocenters. The minimum atomic E-state index is -0.390. The Balaban J connectivity index is 1.38. The summed E-state index contributed by atoms with van der Waals surface area (Å²) in [5.41, 5.74) is 7.31. The van der Waals surface area contributed by atoms with Gasteiger partial charge in [-0.25, -0.2) is 0 Å². The van der Waals surface area contributed by atoms with Crippen LogP contribution in [0.3, 0.4) is 0 Å². The first kappa shape index (κ1) is 27.0. The maximum Gasteiger partial charge on any atom is 0.269 e. The smallest absolute Gasteiger partial charge is 0.269 e. The number of aromatic nitrogens is 3. The Kier molecular flexibility index (Phi) is 9.96. The van der Waals surface area contributed by atoms with E-state index in [9.17, 15) is 10.1 Å². The minimum absolute atomic E-state index is 0.0846. The molecule has 2 aromatic carbocycles. The lowest BCUT2D eigenvalue weighted by molar-refractivity contribution is -0.384. The van der Waals surface area contributed by atoms with Crippen molar-refractivity contribution in [3.63, 3.8) is 0 Å². The van der Waals surface area contributed by atoms with E-state index in [1.165, 1.54) is 12.1 Å². The van der Waals surface area contributed by atoms with Crippen LogP contribution < -0.4 is 26.2 Å². The first-order chi connectivity index (χ1) is 18.6. The van der Waals surface area contributed by atoms with Crippen molar-refractivity contribution < 1.29 is 14.4 Å². The van der Waals surface area contributed by atoms with Crippen LogP contribution in [0.2, 0.25) is 0 Å². The molecule has 1 aliphatic heterocycles. The quantitative estimate of drug-likeness (QED) is 0.161. The molecule has 0 bridgehead atoms. The van der Waals surface area contributed by atoms with Crippen LogP contribution in [0.4, 0.5) is 34.9 Å². The normalized spacial score (nSPS) is 13.4. The molecule has 13 nitrogen and oxygen atoms in total. The van der Waals surface area contributed by atoms with E-state index in [-0.39, 0.29) is 10.6 Å². The Morgan fingerprint density at radius 2 is 1.50 bits per heavy atom. The third-order valence-corrected chi connectivity index (χ3v) is 5.81. The molecule has 38 heavy (non-hydrogen) atoms. The van der Waals surface area contributed by atoms with Crippen molar-refractivity contribution in [2.24, 2.45) is 5.73 Å². The Morgan fingerprint density at radius 1 is 0.842 bits per heavy atom. The van der Waals surface area contributed by atoms with Crippen molar-refractivity contribution in [2.75, 3.05) is 86.1 Å². The van der Waals surface area contributed by atoms with E-state index in [0.717, 1.165) is 24.5 Å². The Labute approximate surface area is 221 Å². The van der Waals surface area contributed by atoms with Gasteiger partial charge in [0, 0.05) is 62.8 Å². The molecule has 4 rings (SSSR count). The van der Waals surface area contributed by atoms with Gasteiger partial charge in [0.25, 0.3) is 5.69 Å². The number of non-ortho nitro benzene ring substituents is 1. The van der Waals surface area contributed by atoms with E-state index in [4.69, 9.17) is 15.2 Å². The Morgan fingerprint density at radius 3 is 2.18 bits per heavy atom. The fourth-order valence-electron chi connectivity index (χ4n) is 3.88. The molecule has 1 aromatic heterocycles. The van der Waals surface area contributed by atoms with Gasteiger partial charge in [-0.05, 0) is 24.3 Å². The molecule has 0 aliphatic carbocycles. The molecule has 1 fully saturated rings. The fraction of sp³-hybridized carbons (Fsp3) is 0.400. The van der Waals surface area contributed by atoms with E-state index >= 15 is 0 Å². The highest BCUT2D eigenvalue weighted by molar-refractivity contribution is 5.56. The van der Waals surface area contributed by atoms with Crippen molar-refractivity contribution in [2.45, 2.75) is 0 Å². The third-order valence-electron chi connectivity index (χ3n) is 5.81. The first-order valence-corrected chi connectivity index (χ1v) is 12.5. The number of nitro groups is 1.